The van der Waals surface area contributed by atoms with Gasteiger partial charge in [-0.2, -0.15) is 9.78 Å². The van der Waals surface area contributed by atoms with Crippen molar-refractivity contribution in [3.8, 4) is 0 Å². The Hall–Kier alpha value is -3.48. The van der Waals surface area contributed by atoms with Crippen molar-refractivity contribution in [3.63, 3.8) is 0 Å². The highest BCUT2D eigenvalue weighted by molar-refractivity contribution is 9.10. The molecule has 152 valence electrons. The first kappa shape index (κ1) is 20.3. The zero-order chi connectivity index (χ0) is 21.1. The largest absolute Gasteiger partial charge is 0.462 e. The van der Waals surface area contributed by atoms with Gasteiger partial charge in [0.1, 0.15) is 28.2 Å². The van der Waals surface area contributed by atoms with E-state index >= 15 is 0 Å². The smallest absolute Gasteiger partial charge is 0.404 e. The fourth-order valence-corrected chi connectivity index (χ4v) is 2.91. The van der Waals surface area contributed by atoms with Gasteiger partial charge in [-0.3, -0.25) is 9.48 Å². The molecule has 1 N–H and O–H groups in total. The van der Waals surface area contributed by atoms with Gasteiger partial charge in [-0.25, -0.2) is 4.79 Å². The van der Waals surface area contributed by atoms with Crippen LogP contribution in [0.25, 0.3) is 0 Å². The molecule has 3 aromatic rings. The maximum absolute atomic E-state index is 12.5. The van der Waals surface area contributed by atoms with Crippen LogP contribution < -0.4 is 5.32 Å². The van der Waals surface area contributed by atoms with Crippen molar-refractivity contribution in [1.29, 1.82) is 0 Å². The van der Waals surface area contributed by atoms with E-state index in [0.717, 1.165) is 0 Å². The predicted molar refractivity (Wildman–Crippen MR) is 102 cm³/mol. The van der Waals surface area contributed by atoms with Crippen LogP contribution in [0.3, 0.4) is 0 Å². The molecular weight excluding hydrogens is 452 g/mol. The minimum Gasteiger partial charge on any atom is -0.462 e. The Morgan fingerprint density at radius 2 is 2.17 bits per heavy atom. The number of rotatable bonds is 7. The van der Waals surface area contributed by atoms with Crippen LogP contribution in [0.15, 0.2) is 33.4 Å². The third kappa shape index (κ3) is 4.34. The fourth-order valence-electron chi connectivity index (χ4n) is 2.45. The summed E-state index contributed by atoms with van der Waals surface area (Å²) in [5, 5.41) is 21.2. The fraction of sp³-hybridized carbons (Fsp3) is 0.250. The van der Waals surface area contributed by atoms with Crippen molar-refractivity contribution in [2.45, 2.75) is 13.5 Å². The van der Waals surface area contributed by atoms with Crippen molar-refractivity contribution < 1.29 is 23.7 Å². The molecule has 0 atom stereocenters. The Bertz CT molecular complexity index is 1080. The van der Waals surface area contributed by atoms with Crippen LogP contribution in [0.2, 0.25) is 0 Å². The number of ether oxygens (including phenoxy) is 1. The van der Waals surface area contributed by atoms with Gasteiger partial charge in [0, 0.05) is 7.05 Å². The van der Waals surface area contributed by atoms with Crippen LogP contribution >= 0.6 is 15.9 Å². The van der Waals surface area contributed by atoms with E-state index < -0.39 is 16.8 Å². The molecule has 0 saturated carbocycles. The normalized spacial score (nSPS) is 10.7. The molecule has 29 heavy (non-hydrogen) atoms. The van der Waals surface area contributed by atoms with E-state index in [2.05, 4.69) is 31.4 Å². The van der Waals surface area contributed by atoms with Crippen LogP contribution in [-0.2, 0) is 18.3 Å². The number of aryl methyl sites for hydroxylation is 1. The van der Waals surface area contributed by atoms with Gasteiger partial charge in [-0.15, -0.1) is 0 Å². The molecule has 0 aliphatic rings. The molecule has 0 radical (unpaired) electrons. The Labute approximate surface area is 171 Å². The monoisotopic (exact) mass is 466 g/mol. The summed E-state index contributed by atoms with van der Waals surface area (Å²) in [6.07, 6.45) is 2.73. The second-order valence-corrected chi connectivity index (χ2v) is 6.58. The number of halogens is 1. The van der Waals surface area contributed by atoms with Gasteiger partial charge in [-0.05, 0) is 39.9 Å². The lowest BCUT2D eigenvalue weighted by Crippen LogP contribution is -2.17. The van der Waals surface area contributed by atoms with Gasteiger partial charge in [0.25, 0.3) is 5.91 Å². The van der Waals surface area contributed by atoms with E-state index in [1.165, 1.54) is 27.8 Å². The van der Waals surface area contributed by atoms with E-state index in [0.29, 0.717) is 5.76 Å². The number of nitrogens with one attached hydrogen (secondary N) is 1. The number of furan rings is 1. The Balaban J connectivity index is 1.74. The lowest BCUT2D eigenvalue weighted by molar-refractivity contribution is -0.390. The molecule has 3 heterocycles. The molecule has 3 aromatic heterocycles. The first-order chi connectivity index (χ1) is 13.8. The maximum Gasteiger partial charge on any atom is 0.404 e. The van der Waals surface area contributed by atoms with Gasteiger partial charge in [0.15, 0.2) is 5.76 Å². The zero-order valence-corrected chi connectivity index (χ0v) is 16.9. The van der Waals surface area contributed by atoms with E-state index in [9.17, 15) is 19.7 Å². The summed E-state index contributed by atoms with van der Waals surface area (Å²) >= 11 is 3.06. The minimum atomic E-state index is -0.614. The lowest BCUT2D eigenvalue weighted by Gasteiger charge is -2.06. The third-order valence-electron chi connectivity index (χ3n) is 3.74. The van der Waals surface area contributed by atoms with Crippen LogP contribution in [0, 0.1) is 10.1 Å². The van der Waals surface area contributed by atoms with E-state index in [1.54, 1.807) is 20.0 Å². The standard InChI is InChI=1S/C16H15BrN6O6/c1-3-28-16(25)10-6-18-21(2)13(10)19-15(24)12-5-4-9(29-12)7-22-8-11(17)14(20-22)23(26)27/h4-6,8H,3,7H2,1-2H3,(H,19,24). The van der Waals surface area contributed by atoms with Gasteiger partial charge >= 0.3 is 11.8 Å². The zero-order valence-electron chi connectivity index (χ0n) is 15.3. The SMILES string of the molecule is CCOC(=O)c1cnn(C)c1NC(=O)c1ccc(Cn2cc(Br)c([N+](=O)[O-])n2)o1. The summed E-state index contributed by atoms with van der Waals surface area (Å²) in [4.78, 5) is 34.7. The van der Waals surface area contributed by atoms with Gasteiger partial charge in [0.2, 0.25) is 0 Å². The Morgan fingerprint density at radius 3 is 2.83 bits per heavy atom. The van der Waals surface area contributed by atoms with Crippen molar-refractivity contribution in [2.75, 3.05) is 11.9 Å². The second-order valence-electron chi connectivity index (χ2n) is 5.73. The van der Waals surface area contributed by atoms with Gasteiger partial charge in [-0.1, -0.05) is 0 Å². The minimum absolute atomic E-state index is 0.0169. The molecule has 0 aromatic carbocycles. The molecule has 0 aliphatic carbocycles. The summed E-state index contributed by atoms with van der Waals surface area (Å²) in [6.45, 7) is 1.94. The average Bonchev–Trinajstić information content (AvgIpc) is 3.36. The highest BCUT2D eigenvalue weighted by atomic mass is 79.9. The predicted octanol–water partition coefficient (Wildman–Crippen LogP) is 2.36. The summed E-state index contributed by atoms with van der Waals surface area (Å²) in [5.41, 5.74) is 0.114. The van der Waals surface area contributed by atoms with E-state index in [-0.39, 0.29) is 40.6 Å². The number of amides is 1. The molecular formula is C16H15BrN6O6. The van der Waals surface area contributed by atoms with Crippen molar-refractivity contribution >= 4 is 39.4 Å². The Morgan fingerprint density at radius 1 is 1.41 bits per heavy atom. The number of esters is 1. The number of nitrogens with zero attached hydrogens (tertiary/aromatic N) is 5. The molecule has 12 nitrogen and oxygen atoms in total. The van der Waals surface area contributed by atoms with E-state index in [4.69, 9.17) is 9.15 Å². The first-order valence-corrected chi connectivity index (χ1v) is 9.06. The summed E-state index contributed by atoms with van der Waals surface area (Å²) in [5.74, 6) is -1.03. The second kappa shape index (κ2) is 8.26. The van der Waals surface area contributed by atoms with Crippen molar-refractivity contribution in [1.82, 2.24) is 19.6 Å². The number of aromatic nitrogens is 4. The number of nitro groups is 1. The van der Waals surface area contributed by atoms with Crippen LogP contribution in [0.5, 0.6) is 0 Å². The molecule has 0 aliphatic heterocycles. The Kier molecular flexibility index (Phi) is 5.77. The maximum atomic E-state index is 12.5. The van der Waals surface area contributed by atoms with Gasteiger partial charge in [0.05, 0.1) is 24.1 Å². The molecule has 0 fully saturated rings. The number of carbonyl (C=O) groups is 2. The van der Waals surface area contributed by atoms with Crippen LogP contribution in [-0.4, -0.2) is 43.0 Å². The highest BCUT2D eigenvalue weighted by Crippen LogP contribution is 2.23. The van der Waals surface area contributed by atoms with Gasteiger partial charge < -0.3 is 24.6 Å². The molecule has 0 unspecified atom stereocenters. The highest BCUT2D eigenvalue weighted by Gasteiger charge is 2.22. The van der Waals surface area contributed by atoms with Crippen molar-refractivity contribution in [2.24, 2.45) is 7.05 Å². The summed E-state index contributed by atoms with van der Waals surface area (Å²) in [6, 6.07) is 2.99. The van der Waals surface area contributed by atoms with E-state index in [1.807, 2.05) is 0 Å². The van der Waals surface area contributed by atoms with Crippen LogP contribution in [0.1, 0.15) is 33.6 Å². The number of hydrogen-bond donors (Lipinski definition) is 1. The summed E-state index contributed by atoms with van der Waals surface area (Å²) in [7, 11) is 1.56. The molecule has 3 rings (SSSR count). The van der Waals surface area contributed by atoms with Crippen LogP contribution in [0.4, 0.5) is 11.6 Å². The quantitative estimate of drug-likeness (QED) is 0.316. The number of hydrogen-bond acceptors (Lipinski definition) is 8. The molecule has 0 saturated heterocycles. The topological polar surface area (TPSA) is 147 Å². The first-order valence-electron chi connectivity index (χ1n) is 8.26. The van der Waals surface area contributed by atoms with Crippen molar-refractivity contribution in [3.05, 3.63) is 56.2 Å². The molecule has 13 heteroatoms. The molecule has 1 amide bonds. The molecule has 0 bridgehead atoms. The lowest BCUT2D eigenvalue weighted by atomic mass is 10.3. The molecule has 0 spiro atoms. The number of carbonyl (C=O) groups excluding carboxylic acids is 2. The average molecular weight is 467 g/mol. The number of anilines is 1. The summed E-state index contributed by atoms with van der Waals surface area (Å²) < 4.78 is 13.3. The third-order valence-corrected chi connectivity index (χ3v) is 4.30.